The van der Waals surface area contributed by atoms with Gasteiger partial charge in [-0.25, -0.2) is 4.39 Å². The lowest BCUT2D eigenvalue weighted by Gasteiger charge is -2.06. The smallest absolute Gasteiger partial charge is 0.269 e. The van der Waals surface area contributed by atoms with Gasteiger partial charge in [-0.3, -0.25) is 14.9 Å². The maximum atomic E-state index is 13.4. The highest BCUT2D eigenvalue weighted by molar-refractivity contribution is 5.94. The van der Waals surface area contributed by atoms with E-state index in [1.807, 2.05) is 0 Å². The van der Waals surface area contributed by atoms with Crippen molar-refractivity contribution in [2.75, 3.05) is 0 Å². The van der Waals surface area contributed by atoms with Crippen LogP contribution in [-0.4, -0.2) is 10.8 Å². The molecule has 0 heterocycles. The molecule has 0 radical (unpaired) electrons. The molecule has 5 nitrogen and oxygen atoms in total. The number of non-ortho nitro benzene ring substituents is 1. The average Bonchev–Trinajstić information content (AvgIpc) is 2.45. The Bertz CT molecular complexity index is 658. The Balaban J connectivity index is 2.06. The number of hydrogen-bond acceptors (Lipinski definition) is 3. The van der Waals surface area contributed by atoms with Gasteiger partial charge in [-0.15, -0.1) is 0 Å². The van der Waals surface area contributed by atoms with Gasteiger partial charge in [0, 0.05) is 18.7 Å². The second-order valence-corrected chi connectivity index (χ2v) is 4.09. The number of rotatable bonds is 4. The molecule has 0 spiro atoms. The average molecular weight is 274 g/mol. The fourth-order valence-corrected chi connectivity index (χ4v) is 1.70. The van der Waals surface area contributed by atoms with E-state index in [9.17, 15) is 19.3 Å². The van der Waals surface area contributed by atoms with Gasteiger partial charge >= 0.3 is 0 Å². The highest BCUT2D eigenvalue weighted by Crippen LogP contribution is 2.13. The molecule has 0 aromatic heterocycles. The van der Waals surface area contributed by atoms with Crippen molar-refractivity contribution in [1.29, 1.82) is 0 Å². The number of benzene rings is 2. The highest BCUT2D eigenvalue weighted by Gasteiger charge is 2.11. The van der Waals surface area contributed by atoms with Gasteiger partial charge in [0.05, 0.1) is 10.5 Å². The summed E-state index contributed by atoms with van der Waals surface area (Å²) in [6, 6.07) is 11.5. The number of nitrogens with one attached hydrogen (secondary N) is 1. The zero-order valence-corrected chi connectivity index (χ0v) is 10.4. The Morgan fingerprint density at radius 3 is 2.65 bits per heavy atom. The molecule has 20 heavy (non-hydrogen) atoms. The number of nitro benzene ring substituents is 1. The Hall–Kier alpha value is -2.76. The molecule has 0 unspecified atom stereocenters. The van der Waals surface area contributed by atoms with Gasteiger partial charge < -0.3 is 5.32 Å². The van der Waals surface area contributed by atoms with Gasteiger partial charge in [0.25, 0.3) is 11.6 Å². The number of hydrogen-bond donors (Lipinski definition) is 1. The largest absolute Gasteiger partial charge is 0.348 e. The minimum absolute atomic E-state index is 0.0531. The molecule has 0 saturated heterocycles. The molecule has 6 heteroatoms. The van der Waals surface area contributed by atoms with Gasteiger partial charge in [-0.1, -0.05) is 24.3 Å². The first-order valence-corrected chi connectivity index (χ1v) is 5.84. The number of halogens is 1. The summed E-state index contributed by atoms with van der Waals surface area (Å²) in [5.74, 6) is -1.17. The molecule has 2 aromatic carbocycles. The summed E-state index contributed by atoms with van der Waals surface area (Å²) in [6.45, 7) is 0.0921. The van der Waals surface area contributed by atoms with Crippen LogP contribution >= 0.6 is 0 Å². The molecule has 0 bridgehead atoms. The third kappa shape index (κ3) is 3.17. The van der Waals surface area contributed by atoms with E-state index in [1.54, 1.807) is 12.1 Å². The highest BCUT2D eigenvalue weighted by atomic mass is 19.1. The molecule has 2 rings (SSSR count). The lowest BCUT2D eigenvalue weighted by Crippen LogP contribution is -2.23. The van der Waals surface area contributed by atoms with E-state index in [1.165, 1.54) is 36.4 Å². The van der Waals surface area contributed by atoms with Crippen molar-refractivity contribution in [3.05, 3.63) is 75.6 Å². The molecule has 0 aliphatic rings. The van der Waals surface area contributed by atoms with Gasteiger partial charge in [-0.05, 0) is 17.7 Å². The first-order valence-electron chi connectivity index (χ1n) is 5.84. The van der Waals surface area contributed by atoms with Crippen LogP contribution in [0.5, 0.6) is 0 Å². The molecule has 0 fully saturated rings. The third-order valence-corrected chi connectivity index (χ3v) is 2.69. The van der Waals surface area contributed by atoms with Crippen LogP contribution in [0, 0.1) is 15.9 Å². The van der Waals surface area contributed by atoms with Crippen LogP contribution in [0.2, 0.25) is 0 Å². The van der Waals surface area contributed by atoms with Crippen LogP contribution in [0.15, 0.2) is 48.5 Å². The van der Waals surface area contributed by atoms with Gasteiger partial charge in [0.1, 0.15) is 5.82 Å². The third-order valence-electron chi connectivity index (χ3n) is 2.69. The summed E-state index contributed by atoms with van der Waals surface area (Å²) < 4.78 is 13.4. The van der Waals surface area contributed by atoms with Crippen molar-refractivity contribution >= 4 is 11.6 Å². The van der Waals surface area contributed by atoms with Crippen LogP contribution in [0.3, 0.4) is 0 Å². The molecule has 0 saturated carbocycles. The maximum Gasteiger partial charge on any atom is 0.269 e. The maximum absolute atomic E-state index is 13.4. The van der Waals surface area contributed by atoms with Crippen molar-refractivity contribution in [2.24, 2.45) is 0 Å². The molecule has 0 atom stereocenters. The van der Waals surface area contributed by atoms with Crippen molar-refractivity contribution in [3.8, 4) is 0 Å². The topological polar surface area (TPSA) is 72.2 Å². The number of carbonyl (C=O) groups excluding carboxylic acids is 1. The number of amides is 1. The van der Waals surface area contributed by atoms with E-state index in [0.717, 1.165) is 0 Å². The van der Waals surface area contributed by atoms with E-state index in [-0.39, 0.29) is 17.8 Å². The van der Waals surface area contributed by atoms with Crippen LogP contribution in [0.1, 0.15) is 15.9 Å². The minimum Gasteiger partial charge on any atom is -0.348 e. The van der Waals surface area contributed by atoms with E-state index in [4.69, 9.17) is 0 Å². The fourth-order valence-electron chi connectivity index (χ4n) is 1.70. The van der Waals surface area contributed by atoms with E-state index in [0.29, 0.717) is 5.56 Å². The van der Waals surface area contributed by atoms with E-state index in [2.05, 4.69) is 5.32 Å². The van der Waals surface area contributed by atoms with Crippen LogP contribution in [0.4, 0.5) is 10.1 Å². The molecule has 2 aromatic rings. The first kappa shape index (κ1) is 13.7. The summed E-state index contributed by atoms with van der Waals surface area (Å²) in [4.78, 5) is 21.9. The molecule has 0 aliphatic heterocycles. The first-order chi connectivity index (χ1) is 9.58. The molecule has 102 valence electrons. The van der Waals surface area contributed by atoms with Gasteiger partial charge in [0.15, 0.2) is 0 Å². The Morgan fingerprint density at radius 2 is 1.95 bits per heavy atom. The number of nitrogens with zero attached hydrogens (tertiary/aromatic N) is 1. The minimum atomic E-state index is -0.607. The zero-order valence-electron chi connectivity index (χ0n) is 10.4. The summed E-state index contributed by atoms with van der Waals surface area (Å²) in [5.41, 5.74) is 0.462. The second-order valence-electron chi connectivity index (χ2n) is 4.09. The predicted octanol–water partition coefficient (Wildman–Crippen LogP) is 2.66. The van der Waals surface area contributed by atoms with E-state index >= 15 is 0 Å². The zero-order chi connectivity index (χ0) is 14.5. The summed E-state index contributed by atoms with van der Waals surface area (Å²) >= 11 is 0. The SMILES string of the molecule is O=C(NCc1cccc([N+](=O)[O-])c1)c1ccccc1F. The van der Waals surface area contributed by atoms with E-state index < -0.39 is 16.6 Å². The Morgan fingerprint density at radius 1 is 1.20 bits per heavy atom. The number of carbonyl (C=O) groups is 1. The molecular formula is C14H11FN2O3. The Labute approximate surface area is 114 Å². The van der Waals surface area contributed by atoms with Crippen molar-refractivity contribution in [3.63, 3.8) is 0 Å². The standard InChI is InChI=1S/C14H11FN2O3/c15-13-7-2-1-6-12(13)14(18)16-9-10-4-3-5-11(8-10)17(19)20/h1-8H,9H2,(H,16,18). The lowest BCUT2D eigenvalue weighted by molar-refractivity contribution is -0.384. The van der Waals surface area contributed by atoms with Crippen LogP contribution in [-0.2, 0) is 6.54 Å². The normalized spacial score (nSPS) is 10.1. The summed E-state index contributed by atoms with van der Waals surface area (Å²) in [5, 5.41) is 13.1. The van der Waals surface area contributed by atoms with Crippen molar-refractivity contribution < 1.29 is 14.1 Å². The van der Waals surface area contributed by atoms with Crippen molar-refractivity contribution in [2.45, 2.75) is 6.54 Å². The molecule has 1 amide bonds. The van der Waals surface area contributed by atoms with Crippen LogP contribution < -0.4 is 5.32 Å². The molecule has 1 N–H and O–H groups in total. The monoisotopic (exact) mass is 274 g/mol. The van der Waals surface area contributed by atoms with Gasteiger partial charge in [0.2, 0.25) is 0 Å². The summed E-state index contributed by atoms with van der Waals surface area (Å²) in [6.07, 6.45) is 0. The molecular weight excluding hydrogens is 263 g/mol. The van der Waals surface area contributed by atoms with Gasteiger partial charge in [-0.2, -0.15) is 0 Å². The molecule has 0 aliphatic carbocycles. The second kappa shape index (κ2) is 5.92. The predicted molar refractivity (Wildman–Crippen MR) is 70.7 cm³/mol. The van der Waals surface area contributed by atoms with Crippen molar-refractivity contribution in [1.82, 2.24) is 5.32 Å². The number of nitro groups is 1. The van der Waals surface area contributed by atoms with Crippen LogP contribution in [0.25, 0.3) is 0 Å². The fraction of sp³-hybridized carbons (Fsp3) is 0.0714. The summed E-state index contributed by atoms with van der Waals surface area (Å²) in [7, 11) is 0. The lowest BCUT2D eigenvalue weighted by atomic mass is 10.1. The Kier molecular flexibility index (Phi) is 4.05. The quantitative estimate of drug-likeness (QED) is 0.688.